The van der Waals surface area contributed by atoms with Crippen LogP contribution in [0.4, 0.5) is 11.6 Å². The predicted octanol–water partition coefficient (Wildman–Crippen LogP) is 5.76. The SMILES string of the molecule is C#CCOCCOCCOCCOCCN(c1nc(Cl)nc(NC2CCC(CO)O2)c1C=N)C1CCc2ccccc21.CC.CC.CC(C)(O)N=O. The Kier molecular flexibility index (Phi) is 24.6. The summed E-state index contributed by atoms with van der Waals surface area (Å²) in [7, 11) is 0. The number of fused-ring (bicyclic) bond motifs is 1. The van der Waals surface area contributed by atoms with Gasteiger partial charge in [-0.25, -0.2) is 0 Å². The zero-order chi connectivity index (χ0) is 38.8. The third-order valence-corrected chi connectivity index (χ3v) is 7.57. The van der Waals surface area contributed by atoms with E-state index in [2.05, 4.69) is 49.5 Å². The molecule has 0 radical (unpaired) electrons. The van der Waals surface area contributed by atoms with E-state index in [0.29, 0.717) is 76.4 Å². The van der Waals surface area contributed by atoms with Crippen LogP contribution >= 0.6 is 11.6 Å². The molecule has 0 spiro atoms. The fourth-order valence-corrected chi connectivity index (χ4v) is 5.38. The van der Waals surface area contributed by atoms with Gasteiger partial charge in [-0.05, 0) is 67.4 Å². The molecule has 4 N–H and O–H groups in total. The number of nitrogens with zero attached hydrogens (tertiary/aromatic N) is 4. The van der Waals surface area contributed by atoms with Crippen LogP contribution in [-0.2, 0) is 30.1 Å². The maximum Gasteiger partial charge on any atom is 0.226 e. The van der Waals surface area contributed by atoms with Crippen molar-refractivity contribution in [2.75, 3.05) is 76.2 Å². The number of aliphatic hydroxyl groups excluding tert-OH is 1. The van der Waals surface area contributed by atoms with Gasteiger partial charge in [0.05, 0.1) is 70.6 Å². The Labute approximate surface area is 314 Å². The van der Waals surface area contributed by atoms with Gasteiger partial charge < -0.3 is 49.5 Å². The number of hydrogen-bond donors (Lipinski definition) is 4. The van der Waals surface area contributed by atoms with Crippen LogP contribution < -0.4 is 10.2 Å². The van der Waals surface area contributed by atoms with Crippen molar-refractivity contribution < 1.29 is 33.9 Å². The average molecular weight is 751 g/mol. The summed E-state index contributed by atoms with van der Waals surface area (Å²) in [5.41, 5.74) is 1.67. The largest absolute Gasteiger partial charge is 0.394 e. The highest BCUT2D eigenvalue weighted by atomic mass is 35.5. The summed E-state index contributed by atoms with van der Waals surface area (Å²) in [5, 5.41) is 31.7. The third-order valence-electron chi connectivity index (χ3n) is 7.40. The van der Waals surface area contributed by atoms with Crippen molar-refractivity contribution in [2.45, 2.75) is 91.3 Å². The normalized spacial score (nSPS) is 17.2. The molecule has 4 rings (SSSR count). The highest BCUT2D eigenvalue weighted by Gasteiger charge is 2.32. The molecule has 1 aliphatic heterocycles. The van der Waals surface area contributed by atoms with Crippen LogP contribution in [0.25, 0.3) is 0 Å². The van der Waals surface area contributed by atoms with Crippen LogP contribution in [0.3, 0.4) is 0 Å². The predicted molar refractivity (Wildman–Crippen MR) is 205 cm³/mol. The number of aliphatic hydroxyl groups is 2. The van der Waals surface area contributed by atoms with Crippen molar-refractivity contribution in [3.8, 4) is 12.3 Å². The lowest BCUT2D eigenvalue weighted by molar-refractivity contribution is 0.00201. The van der Waals surface area contributed by atoms with Crippen molar-refractivity contribution in [1.82, 2.24) is 9.97 Å². The molecule has 1 saturated heterocycles. The van der Waals surface area contributed by atoms with Crippen LogP contribution in [0.2, 0.25) is 5.28 Å². The molecule has 0 bridgehead atoms. The van der Waals surface area contributed by atoms with Crippen molar-refractivity contribution in [2.24, 2.45) is 5.18 Å². The Balaban J connectivity index is 0.00000121. The number of benzene rings is 1. The van der Waals surface area contributed by atoms with E-state index < -0.39 is 5.72 Å². The monoisotopic (exact) mass is 750 g/mol. The number of aryl methyl sites for hydroxylation is 1. The molecule has 3 unspecified atom stereocenters. The van der Waals surface area contributed by atoms with E-state index in [1.807, 2.05) is 33.8 Å². The van der Waals surface area contributed by atoms with Crippen LogP contribution in [-0.4, -0.2) is 110 Å². The van der Waals surface area contributed by atoms with Crippen LogP contribution in [0, 0.1) is 22.7 Å². The van der Waals surface area contributed by atoms with Gasteiger partial charge in [0.1, 0.15) is 24.5 Å². The lowest BCUT2D eigenvalue weighted by atomic mass is 10.1. The van der Waals surface area contributed by atoms with E-state index in [1.54, 1.807) is 0 Å². The van der Waals surface area contributed by atoms with Crippen molar-refractivity contribution in [3.05, 3.63) is 51.1 Å². The number of halogens is 1. The van der Waals surface area contributed by atoms with Crippen molar-refractivity contribution in [3.63, 3.8) is 0 Å². The molecule has 2 aromatic rings. The lowest BCUT2D eigenvalue weighted by Crippen LogP contribution is -2.33. The number of hydrogen-bond acceptors (Lipinski definition) is 14. The van der Waals surface area contributed by atoms with E-state index in [0.717, 1.165) is 19.3 Å². The first-order valence-electron chi connectivity index (χ1n) is 18.0. The standard InChI is InChI=1S/C30H40ClN5O6.C3H7NO2.2C2H6/c1-2-12-38-14-16-40-18-19-41-17-15-39-13-11-36(26-9-7-22-5-3-4-6-24(22)26)29-25(20-32)28(34-30(31)35-29)33-27-10-8-23(21-37)42-27;1-3(2,5)4-6;2*1-2/h1,3-6,20,23,26-27,32,37H,7-19,21H2,(H,33,34,35);5H,1-2H3;2*1-2H3. The van der Waals surface area contributed by atoms with Gasteiger partial charge in [-0.1, -0.05) is 57.9 Å². The van der Waals surface area contributed by atoms with Gasteiger partial charge in [0.15, 0.2) is 5.72 Å². The number of terminal acetylenes is 1. The molecular formula is C37H59ClN6O8. The summed E-state index contributed by atoms with van der Waals surface area (Å²) in [6, 6.07) is 8.44. The number of anilines is 2. The minimum absolute atomic E-state index is 0.0395. The molecule has 3 atom stereocenters. The van der Waals surface area contributed by atoms with Crippen molar-refractivity contribution >= 4 is 29.5 Å². The Hall–Kier alpha value is -3.26. The number of rotatable bonds is 20. The van der Waals surface area contributed by atoms with Gasteiger partial charge >= 0.3 is 0 Å². The first kappa shape index (κ1) is 46.8. The number of nitroso groups, excluding NO2 is 1. The molecule has 52 heavy (non-hydrogen) atoms. The molecule has 2 aliphatic rings. The van der Waals surface area contributed by atoms with Crippen LogP contribution in [0.5, 0.6) is 0 Å². The quantitative estimate of drug-likeness (QED) is 0.0423. The van der Waals surface area contributed by atoms with Gasteiger partial charge in [0.25, 0.3) is 0 Å². The summed E-state index contributed by atoms with van der Waals surface area (Å²) in [4.78, 5) is 20.5. The molecule has 15 heteroatoms. The summed E-state index contributed by atoms with van der Waals surface area (Å²) in [6.45, 7) is 14.6. The number of aromatic nitrogens is 2. The fourth-order valence-electron chi connectivity index (χ4n) is 5.21. The second kappa shape index (κ2) is 27.4. The van der Waals surface area contributed by atoms with Gasteiger partial charge in [0.2, 0.25) is 5.28 Å². The Morgan fingerprint density at radius 1 is 1.04 bits per heavy atom. The fraction of sp³-hybridized carbons (Fsp3) is 0.649. The summed E-state index contributed by atoms with van der Waals surface area (Å²) >= 11 is 6.44. The minimum Gasteiger partial charge on any atom is -0.394 e. The smallest absolute Gasteiger partial charge is 0.226 e. The van der Waals surface area contributed by atoms with E-state index in [-0.39, 0.29) is 36.9 Å². The van der Waals surface area contributed by atoms with Gasteiger partial charge in [0, 0.05) is 12.8 Å². The lowest BCUT2D eigenvalue weighted by Gasteiger charge is -2.32. The minimum atomic E-state index is -1.39. The van der Waals surface area contributed by atoms with Crippen LogP contribution in [0.15, 0.2) is 29.4 Å². The molecular weight excluding hydrogens is 692 g/mol. The zero-order valence-corrected chi connectivity index (χ0v) is 32.4. The molecule has 292 valence electrons. The molecule has 2 heterocycles. The van der Waals surface area contributed by atoms with E-state index >= 15 is 0 Å². The molecule has 1 aromatic heterocycles. The van der Waals surface area contributed by atoms with Gasteiger partial charge in [-0.2, -0.15) is 9.97 Å². The van der Waals surface area contributed by atoms with E-state index in [9.17, 15) is 10.0 Å². The molecule has 1 aromatic carbocycles. The molecule has 0 saturated carbocycles. The van der Waals surface area contributed by atoms with Gasteiger partial charge in [-0.3, -0.25) is 0 Å². The van der Waals surface area contributed by atoms with E-state index in [4.69, 9.17) is 52.2 Å². The highest BCUT2D eigenvalue weighted by molar-refractivity contribution is 6.28. The molecule has 1 aliphatic carbocycles. The highest BCUT2D eigenvalue weighted by Crippen LogP contribution is 2.40. The first-order valence-corrected chi connectivity index (χ1v) is 18.3. The maximum atomic E-state index is 9.45. The number of nitrogens with one attached hydrogen (secondary N) is 2. The molecule has 0 amide bonds. The summed E-state index contributed by atoms with van der Waals surface area (Å²) in [5.74, 6) is 3.40. The first-order chi connectivity index (χ1) is 25.2. The maximum absolute atomic E-state index is 9.45. The van der Waals surface area contributed by atoms with Gasteiger partial charge in [-0.15, -0.1) is 11.3 Å². The number of ether oxygens (including phenoxy) is 5. The zero-order valence-electron chi connectivity index (χ0n) is 31.6. The molecule has 1 fully saturated rings. The Bertz CT molecular complexity index is 1330. The summed E-state index contributed by atoms with van der Waals surface area (Å²) < 4.78 is 28.0. The molecule has 14 nitrogen and oxygen atoms in total. The second-order valence-corrected chi connectivity index (χ2v) is 11.8. The van der Waals surface area contributed by atoms with Crippen LogP contribution in [0.1, 0.15) is 83.5 Å². The van der Waals surface area contributed by atoms with Crippen molar-refractivity contribution in [1.29, 1.82) is 5.41 Å². The summed E-state index contributed by atoms with van der Waals surface area (Å²) in [6.07, 6.45) is 9.13. The topological polar surface area (TPSA) is 181 Å². The van der Waals surface area contributed by atoms with E-state index in [1.165, 1.54) is 31.2 Å². The average Bonchev–Trinajstić information content (AvgIpc) is 3.80. The second-order valence-electron chi connectivity index (χ2n) is 11.5. The third kappa shape index (κ3) is 17.0. The Morgan fingerprint density at radius 2 is 1.63 bits per heavy atom. The Morgan fingerprint density at radius 3 is 2.19 bits per heavy atom.